The van der Waals surface area contributed by atoms with Crippen molar-refractivity contribution in [3.05, 3.63) is 79.0 Å². The Hall–Kier alpha value is -3.31. The number of rotatable bonds is 10. The minimum atomic E-state index is -1.18. The molecule has 8 heteroatoms. The van der Waals surface area contributed by atoms with Gasteiger partial charge in [0.05, 0.1) is 0 Å². The molecule has 3 heterocycles. The van der Waals surface area contributed by atoms with Crippen molar-refractivity contribution in [3.8, 4) is 22.8 Å². The number of allylic oxidation sites excluding steroid dienone is 1. The van der Waals surface area contributed by atoms with E-state index in [1.54, 1.807) is 24.5 Å². The van der Waals surface area contributed by atoms with E-state index in [2.05, 4.69) is 28.4 Å². The van der Waals surface area contributed by atoms with E-state index in [4.69, 9.17) is 9.47 Å². The number of aromatic amines is 1. The van der Waals surface area contributed by atoms with Gasteiger partial charge in [-0.25, -0.2) is 0 Å². The molecule has 0 spiro atoms. The van der Waals surface area contributed by atoms with Gasteiger partial charge < -0.3 is 0 Å². The molecule has 2 atom stereocenters. The predicted octanol–water partition coefficient (Wildman–Crippen LogP) is 2.97. The summed E-state index contributed by atoms with van der Waals surface area (Å²) in [6.45, 7) is 8.61. The van der Waals surface area contributed by atoms with Crippen molar-refractivity contribution in [2.75, 3.05) is 20.3 Å². The van der Waals surface area contributed by atoms with Gasteiger partial charge in [-0.3, -0.25) is 0 Å². The Bertz CT molecular complexity index is 1220. The third-order valence-electron chi connectivity index (χ3n) is 5.69. The van der Waals surface area contributed by atoms with Crippen LogP contribution in [0.5, 0.6) is 11.5 Å². The average molecular weight is 523 g/mol. The molecule has 3 aromatic rings. The molecule has 1 aromatic carbocycles. The Kier molecular flexibility index (Phi) is 7.53. The van der Waals surface area contributed by atoms with Crippen molar-refractivity contribution >= 4 is 30.4 Å². The summed E-state index contributed by atoms with van der Waals surface area (Å²) < 4.78 is 27.5. The molecule has 34 heavy (non-hydrogen) atoms. The number of carbonyl (C=O) groups is 1. The monoisotopic (exact) mass is 523 g/mol. The number of para-hydroxylation sites is 1. The van der Waals surface area contributed by atoms with E-state index in [1.165, 1.54) is 13.2 Å². The quantitative estimate of drug-likeness (QED) is 0.244. The Morgan fingerprint density at radius 1 is 1.29 bits per heavy atom. The average Bonchev–Trinajstić information content (AvgIpc) is 3.22. The van der Waals surface area contributed by atoms with Gasteiger partial charge in [0.25, 0.3) is 0 Å². The van der Waals surface area contributed by atoms with E-state index in [-0.39, 0.29) is 17.6 Å². The number of carbonyl (C=O) groups excluding carboxylic acids is 1. The molecule has 0 fully saturated rings. The number of methoxy groups -OCH3 is 1. The van der Waals surface area contributed by atoms with E-state index < -0.39 is 21.6 Å². The number of nitrogens with zero attached hydrogens (tertiary/aromatic N) is 1. The molecule has 176 valence electrons. The molecular formula is C26H27AsFN3O3. The Balaban J connectivity index is 1.90. The fourth-order valence-electron chi connectivity index (χ4n) is 4.10. The van der Waals surface area contributed by atoms with Crippen LogP contribution in [0.4, 0.5) is 4.39 Å². The summed E-state index contributed by atoms with van der Waals surface area (Å²) in [6.07, 6.45) is 8.43. The standard InChI is InChI=1S/C26H27AsFN3O3/c1-4-6-13-34-20-15-29-12-11-17(20)24-22(27-18-9-7-10-19(28)25(18)33-3)21-23(31-24)16(8-5-2)14-30-26(21)32/h4-5,7,9-12,15-16,27,31H,1-2,6,8,13-14H2,3H3,(H,30,32). The molecular weight excluding hydrogens is 496 g/mol. The van der Waals surface area contributed by atoms with Crippen molar-refractivity contribution in [1.29, 1.82) is 0 Å². The van der Waals surface area contributed by atoms with Crippen molar-refractivity contribution in [2.45, 2.75) is 18.8 Å². The number of H-pyrrole nitrogens is 1. The van der Waals surface area contributed by atoms with Crippen LogP contribution in [0.1, 0.15) is 34.8 Å². The van der Waals surface area contributed by atoms with Crippen LogP contribution in [0.15, 0.2) is 62.0 Å². The van der Waals surface area contributed by atoms with Gasteiger partial charge in [0.15, 0.2) is 0 Å². The van der Waals surface area contributed by atoms with Crippen molar-refractivity contribution in [2.24, 2.45) is 0 Å². The molecule has 4 rings (SSSR count). The Labute approximate surface area is 205 Å². The van der Waals surface area contributed by atoms with Crippen LogP contribution in [0, 0.1) is 5.82 Å². The molecule has 1 aliphatic rings. The second kappa shape index (κ2) is 10.7. The van der Waals surface area contributed by atoms with E-state index in [0.717, 1.165) is 32.1 Å². The van der Waals surface area contributed by atoms with Crippen LogP contribution >= 0.6 is 0 Å². The molecule has 1 amide bonds. The van der Waals surface area contributed by atoms with Gasteiger partial charge >= 0.3 is 205 Å². The van der Waals surface area contributed by atoms with E-state index in [1.807, 2.05) is 18.2 Å². The van der Waals surface area contributed by atoms with Gasteiger partial charge in [-0.2, -0.15) is 0 Å². The molecule has 6 nitrogen and oxygen atoms in total. The van der Waals surface area contributed by atoms with Crippen LogP contribution in [-0.4, -0.2) is 51.9 Å². The summed E-state index contributed by atoms with van der Waals surface area (Å²) in [5, 5.41) is 3.01. The first-order valence-corrected chi connectivity index (χ1v) is 13.1. The normalized spacial score (nSPS) is 15.1. The summed E-state index contributed by atoms with van der Waals surface area (Å²) >= 11 is -1.18. The number of halogens is 1. The Morgan fingerprint density at radius 2 is 2.15 bits per heavy atom. The molecule has 2 aromatic heterocycles. The third kappa shape index (κ3) is 4.66. The molecule has 0 aliphatic carbocycles. The number of hydrogen-bond donors (Lipinski definition) is 2. The first kappa shape index (κ1) is 23.8. The molecule has 0 saturated heterocycles. The number of ether oxygens (including phenoxy) is 2. The number of aromatic nitrogens is 2. The number of pyridine rings is 1. The molecule has 1 aliphatic heterocycles. The molecule has 0 saturated carbocycles. The van der Waals surface area contributed by atoms with Crippen molar-refractivity contribution in [3.63, 3.8) is 0 Å². The summed E-state index contributed by atoms with van der Waals surface area (Å²) in [7, 11) is 1.46. The molecule has 2 unspecified atom stereocenters. The predicted molar refractivity (Wildman–Crippen MR) is 134 cm³/mol. The van der Waals surface area contributed by atoms with Crippen LogP contribution in [0.25, 0.3) is 11.3 Å². The summed E-state index contributed by atoms with van der Waals surface area (Å²) in [4.78, 5) is 20.9. The SMILES string of the molecule is C=CCCOc1cnccc1-c1[nH]c2c(c1[AsH]c1cccc(F)c1OC)C(=O)NCC2CC=C. The molecule has 0 radical (unpaired) electrons. The van der Waals surface area contributed by atoms with Gasteiger partial charge in [0.2, 0.25) is 0 Å². The number of fused-ring (bicyclic) bond motifs is 1. The number of hydrogen-bond acceptors (Lipinski definition) is 4. The van der Waals surface area contributed by atoms with Gasteiger partial charge in [-0.15, -0.1) is 0 Å². The fraction of sp³-hybridized carbons (Fsp3) is 0.231. The van der Waals surface area contributed by atoms with Crippen LogP contribution in [0.3, 0.4) is 0 Å². The zero-order valence-electron chi connectivity index (χ0n) is 19.0. The van der Waals surface area contributed by atoms with Gasteiger partial charge in [0.1, 0.15) is 0 Å². The zero-order valence-corrected chi connectivity index (χ0v) is 21.1. The number of amides is 1. The van der Waals surface area contributed by atoms with Crippen LogP contribution < -0.4 is 23.5 Å². The van der Waals surface area contributed by atoms with Crippen LogP contribution in [-0.2, 0) is 0 Å². The topological polar surface area (TPSA) is 76.2 Å². The first-order valence-electron chi connectivity index (χ1n) is 11.0. The summed E-state index contributed by atoms with van der Waals surface area (Å²) in [6, 6.07) is 6.79. The first-order chi connectivity index (χ1) is 16.6. The van der Waals surface area contributed by atoms with Crippen LogP contribution in [0.2, 0.25) is 0 Å². The number of benzene rings is 1. The van der Waals surface area contributed by atoms with Gasteiger partial charge in [-0.1, -0.05) is 0 Å². The molecule has 2 N–H and O–H groups in total. The zero-order chi connectivity index (χ0) is 24.1. The van der Waals surface area contributed by atoms with Gasteiger partial charge in [-0.05, 0) is 0 Å². The second-order valence-corrected chi connectivity index (χ2v) is 10.5. The summed E-state index contributed by atoms with van der Waals surface area (Å²) in [5.41, 5.74) is 3.13. The minimum absolute atomic E-state index is 0.0747. The summed E-state index contributed by atoms with van der Waals surface area (Å²) in [5.74, 6) is 0.365. The fourth-order valence-corrected chi connectivity index (χ4v) is 7.20. The maximum absolute atomic E-state index is 14.5. The number of nitrogens with one attached hydrogen (secondary N) is 2. The van der Waals surface area contributed by atoms with Crippen molar-refractivity contribution in [1.82, 2.24) is 15.3 Å². The molecule has 0 bridgehead atoms. The van der Waals surface area contributed by atoms with Crippen molar-refractivity contribution < 1.29 is 18.7 Å². The van der Waals surface area contributed by atoms with E-state index >= 15 is 0 Å². The van der Waals surface area contributed by atoms with E-state index in [0.29, 0.717) is 30.9 Å². The Morgan fingerprint density at radius 3 is 2.91 bits per heavy atom. The maximum atomic E-state index is 14.5. The van der Waals surface area contributed by atoms with Gasteiger partial charge in [0, 0.05) is 0 Å². The van der Waals surface area contributed by atoms with E-state index in [9.17, 15) is 9.18 Å². The second-order valence-electron chi connectivity index (χ2n) is 7.84. The third-order valence-corrected chi connectivity index (χ3v) is 8.65.